The summed E-state index contributed by atoms with van der Waals surface area (Å²) in [5.74, 6) is -0.191. The Kier molecular flexibility index (Phi) is 4.06. The van der Waals surface area contributed by atoms with E-state index in [-0.39, 0.29) is 5.75 Å². The third kappa shape index (κ3) is 3.13. The summed E-state index contributed by atoms with van der Waals surface area (Å²) in [7, 11) is 0. The van der Waals surface area contributed by atoms with Gasteiger partial charge in [-0.3, -0.25) is 0 Å². The first-order valence-electron chi connectivity index (χ1n) is 5.49. The molecule has 0 atom stereocenters. The Morgan fingerprint density at radius 3 is 2.56 bits per heavy atom. The number of ether oxygens (including phenoxy) is 1. The molecule has 2 N–H and O–H groups in total. The third-order valence-corrected chi connectivity index (χ3v) is 3.35. The van der Waals surface area contributed by atoms with Crippen molar-refractivity contribution in [1.29, 1.82) is 0 Å². The van der Waals surface area contributed by atoms with E-state index in [2.05, 4.69) is 22.6 Å². The van der Waals surface area contributed by atoms with Crippen molar-refractivity contribution >= 4 is 28.3 Å². The largest absolute Gasteiger partial charge is 0.486 e. The summed E-state index contributed by atoms with van der Waals surface area (Å²) >= 11 is 2.23. The molecule has 0 amide bonds. The van der Waals surface area contributed by atoms with Crippen LogP contribution in [0.2, 0.25) is 0 Å². The third-order valence-electron chi connectivity index (χ3n) is 2.63. The lowest BCUT2D eigenvalue weighted by molar-refractivity contribution is 0.290. The van der Waals surface area contributed by atoms with Gasteiger partial charge in [0.15, 0.2) is 11.6 Å². The molecule has 2 nitrogen and oxygen atoms in total. The Morgan fingerprint density at radius 1 is 1.22 bits per heavy atom. The van der Waals surface area contributed by atoms with Gasteiger partial charge in [0.05, 0.1) is 0 Å². The lowest BCUT2D eigenvalue weighted by Gasteiger charge is -2.09. The molecule has 4 heteroatoms. The molecule has 2 rings (SSSR count). The van der Waals surface area contributed by atoms with Crippen LogP contribution in [-0.2, 0) is 6.61 Å². The van der Waals surface area contributed by atoms with E-state index in [4.69, 9.17) is 10.5 Å². The van der Waals surface area contributed by atoms with Gasteiger partial charge in [-0.25, -0.2) is 4.39 Å². The highest BCUT2D eigenvalue weighted by Gasteiger charge is 2.06. The number of nitrogen functional groups attached to an aromatic ring is 1. The first-order valence-corrected chi connectivity index (χ1v) is 6.57. The number of hydrogen-bond donors (Lipinski definition) is 1. The maximum Gasteiger partial charge on any atom is 0.167 e. The molecule has 18 heavy (non-hydrogen) atoms. The fourth-order valence-electron chi connectivity index (χ4n) is 1.52. The summed E-state index contributed by atoms with van der Waals surface area (Å²) < 4.78 is 20.2. The first-order chi connectivity index (χ1) is 8.56. The topological polar surface area (TPSA) is 35.2 Å². The quantitative estimate of drug-likeness (QED) is 0.668. The van der Waals surface area contributed by atoms with E-state index in [1.807, 2.05) is 31.2 Å². The Hall–Kier alpha value is -1.30. The summed E-state index contributed by atoms with van der Waals surface area (Å²) in [6, 6.07) is 10.8. The van der Waals surface area contributed by atoms with Crippen LogP contribution in [0.3, 0.4) is 0 Å². The van der Waals surface area contributed by atoms with E-state index in [0.717, 1.165) is 14.7 Å². The number of aryl methyl sites for hydroxylation is 1. The number of nitrogens with two attached hydrogens (primary N) is 1. The van der Waals surface area contributed by atoms with Crippen molar-refractivity contribution in [2.45, 2.75) is 13.5 Å². The molecule has 0 aromatic heterocycles. The van der Waals surface area contributed by atoms with Crippen molar-refractivity contribution in [3.63, 3.8) is 0 Å². The molecule has 0 unspecified atom stereocenters. The Bertz CT molecular complexity index is 554. The van der Waals surface area contributed by atoms with Crippen LogP contribution in [0.5, 0.6) is 5.75 Å². The zero-order valence-electron chi connectivity index (χ0n) is 9.91. The van der Waals surface area contributed by atoms with Crippen LogP contribution in [0.1, 0.15) is 11.1 Å². The molecule has 94 valence electrons. The molecule has 2 aromatic rings. The normalized spacial score (nSPS) is 10.4. The van der Waals surface area contributed by atoms with Gasteiger partial charge in [-0.05, 0) is 58.8 Å². The van der Waals surface area contributed by atoms with E-state index in [0.29, 0.717) is 12.3 Å². The van der Waals surface area contributed by atoms with Gasteiger partial charge in [0.1, 0.15) is 6.61 Å². The second kappa shape index (κ2) is 5.56. The van der Waals surface area contributed by atoms with Gasteiger partial charge in [-0.15, -0.1) is 0 Å². The molecule has 0 heterocycles. The molecule has 0 bridgehead atoms. The second-order valence-electron chi connectivity index (χ2n) is 4.05. The second-order valence-corrected chi connectivity index (χ2v) is 5.30. The van der Waals surface area contributed by atoms with Gasteiger partial charge in [0.2, 0.25) is 0 Å². The lowest BCUT2D eigenvalue weighted by Crippen LogP contribution is -1.99. The average Bonchev–Trinajstić information content (AvgIpc) is 2.34. The highest BCUT2D eigenvalue weighted by atomic mass is 127. The first kappa shape index (κ1) is 13.1. The standard InChI is InChI=1S/C14H13FINO/c1-9-6-14(12(15)7-13(9)17)18-8-10-2-4-11(16)5-3-10/h2-7H,8,17H2,1H3. The summed E-state index contributed by atoms with van der Waals surface area (Å²) in [5.41, 5.74) is 7.87. The summed E-state index contributed by atoms with van der Waals surface area (Å²) in [6.45, 7) is 2.17. The van der Waals surface area contributed by atoms with Gasteiger partial charge < -0.3 is 10.5 Å². The van der Waals surface area contributed by atoms with Crippen LogP contribution in [-0.4, -0.2) is 0 Å². The fraction of sp³-hybridized carbons (Fsp3) is 0.143. The van der Waals surface area contributed by atoms with Gasteiger partial charge in [0.25, 0.3) is 0 Å². The Labute approximate surface area is 119 Å². The number of benzene rings is 2. The number of anilines is 1. The van der Waals surface area contributed by atoms with Crippen molar-refractivity contribution in [2.75, 3.05) is 5.73 Å². The summed E-state index contributed by atoms with van der Waals surface area (Å²) in [6.07, 6.45) is 0. The number of hydrogen-bond acceptors (Lipinski definition) is 2. The highest BCUT2D eigenvalue weighted by Crippen LogP contribution is 2.24. The molecule has 0 aliphatic heterocycles. The SMILES string of the molecule is Cc1cc(OCc2ccc(I)cc2)c(F)cc1N. The van der Waals surface area contributed by atoms with Gasteiger partial charge >= 0.3 is 0 Å². The van der Waals surface area contributed by atoms with Gasteiger partial charge in [-0.2, -0.15) is 0 Å². The van der Waals surface area contributed by atoms with Crippen LogP contribution in [0, 0.1) is 16.3 Å². The van der Waals surface area contributed by atoms with Crippen molar-refractivity contribution in [1.82, 2.24) is 0 Å². The number of halogens is 2. The van der Waals surface area contributed by atoms with Crippen molar-refractivity contribution < 1.29 is 9.13 Å². The fourth-order valence-corrected chi connectivity index (χ4v) is 1.88. The van der Waals surface area contributed by atoms with Gasteiger partial charge in [-0.1, -0.05) is 12.1 Å². The monoisotopic (exact) mass is 357 g/mol. The minimum Gasteiger partial charge on any atom is -0.486 e. The summed E-state index contributed by atoms with van der Waals surface area (Å²) in [5, 5.41) is 0. The average molecular weight is 357 g/mol. The van der Waals surface area contributed by atoms with Crippen LogP contribution < -0.4 is 10.5 Å². The minimum absolute atomic E-state index is 0.236. The lowest BCUT2D eigenvalue weighted by atomic mass is 10.2. The Morgan fingerprint density at radius 2 is 1.89 bits per heavy atom. The van der Waals surface area contributed by atoms with Crippen LogP contribution in [0.15, 0.2) is 36.4 Å². The van der Waals surface area contributed by atoms with Crippen molar-refractivity contribution in [2.24, 2.45) is 0 Å². The van der Waals surface area contributed by atoms with Crippen LogP contribution in [0.25, 0.3) is 0 Å². The van der Waals surface area contributed by atoms with E-state index in [9.17, 15) is 4.39 Å². The molecule has 0 aliphatic rings. The zero-order chi connectivity index (χ0) is 13.1. The molecule has 2 aromatic carbocycles. The predicted octanol–water partition coefficient (Wildman–Crippen LogP) is 3.90. The van der Waals surface area contributed by atoms with Crippen molar-refractivity contribution in [3.05, 3.63) is 56.9 Å². The van der Waals surface area contributed by atoms with E-state index >= 15 is 0 Å². The minimum atomic E-state index is -0.427. The molecular weight excluding hydrogens is 344 g/mol. The molecular formula is C14H13FINO. The van der Waals surface area contributed by atoms with E-state index in [1.165, 1.54) is 6.07 Å². The maximum atomic E-state index is 13.6. The molecule has 0 saturated carbocycles. The molecule has 0 spiro atoms. The summed E-state index contributed by atoms with van der Waals surface area (Å²) in [4.78, 5) is 0. The van der Waals surface area contributed by atoms with Crippen LogP contribution in [0.4, 0.5) is 10.1 Å². The Balaban J connectivity index is 2.10. The van der Waals surface area contributed by atoms with E-state index in [1.54, 1.807) is 6.07 Å². The maximum absolute atomic E-state index is 13.6. The molecule has 0 aliphatic carbocycles. The molecule has 0 saturated heterocycles. The van der Waals surface area contributed by atoms with Gasteiger partial charge in [0, 0.05) is 15.3 Å². The van der Waals surface area contributed by atoms with Crippen molar-refractivity contribution in [3.8, 4) is 5.75 Å². The zero-order valence-corrected chi connectivity index (χ0v) is 12.1. The number of rotatable bonds is 3. The van der Waals surface area contributed by atoms with E-state index < -0.39 is 5.82 Å². The predicted molar refractivity (Wildman–Crippen MR) is 79.0 cm³/mol. The molecule has 0 radical (unpaired) electrons. The smallest absolute Gasteiger partial charge is 0.167 e. The van der Waals surface area contributed by atoms with Crippen LogP contribution >= 0.6 is 22.6 Å². The molecule has 0 fully saturated rings. The highest BCUT2D eigenvalue weighted by molar-refractivity contribution is 14.1.